The number of carbonyl (C=O) groups excluding carboxylic acids is 2. The standard InChI is InChI=1S/C22H18N4O2S3/c27-19(25-21-23-10-11-30-21)13-29-14-20(28)26-22-24-18(12-31-22)17-8-6-16(7-9-17)15-4-2-1-3-5-15/h1-12H,13-14H2,(H,23,25,27)(H,24,26,28). The number of aromatic nitrogens is 2. The van der Waals surface area contributed by atoms with E-state index in [1.165, 1.54) is 34.4 Å². The van der Waals surface area contributed by atoms with Crippen LogP contribution in [0.1, 0.15) is 0 Å². The third-order valence-electron chi connectivity index (χ3n) is 4.18. The second kappa shape index (κ2) is 10.3. The van der Waals surface area contributed by atoms with E-state index in [1.54, 1.807) is 11.6 Å². The number of anilines is 2. The number of thiazole rings is 2. The molecule has 4 rings (SSSR count). The Morgan fingerprint density at radius 1 is 0.806 bits per heavy atom. The zero-order valence-corrected chi connectivity index (χ0v) is 18.7. The largest absolute Gasteiger partial charge is 0.301 e. The molecule has 4 aromatic rings. The predicted molar refractivity (Wildman–Crippen MR) is 130 cm³/mol. The highest BCUT2D eigenvalue weighted by atomic mass is 32.2. The Bertz CT molecular complexity index is 1140. The van der Waals surface area contributed by atoms with Gasteiger partial charge in [-0.3, -0.25) is 9.59 Å². The van der Waals surface area contributed by atoms with Crippen LogP contribution in [-0.2, 0) is 9.59 Å². The molecule has 156 valence electrons. The molecule has 2 heterocycles. The minimum atomic E-state index is -0.188. The van der Waals surface area contributed by atoms with Crippen LogP contribution >= 0.6 is 34.4 Å². The van der Waals surface area contributed by atoms with E-state index in [2.05, 4.69) is 44.9 Å². The average molecular weight is 467 g/mol. The molecule has 0 unspecified atom stereocenters. The summed E-state index contributed by atoms with van der Waals surface area (Å²) in [6.07, 6.45) is 1.63. The Morgan fingerprint density at radius 3 is 2.13 bits per heavy atom. The molecule has 31 heavy (non-hydrogen) atoms. The van der Waals surface area contributed by atoms with E-state index >= 15 is 0 Å². The van der Waals surface area contributed by atoms with Gasteiger partial charge >= 0.3 is 0 Å². The number of nitrogens with zero attached hydrogens (tertiary/aromatic N) is 2. The molecule has 2 amide bonds. The van der Waals surface area contributed by atoms with Gasteiger partial charge in [0.25, 0.3) is 0 Å². The summed E-state index contributed by atoms with van der Waals surface area (Å²) in [5.41, 5.74) is 4.11. The van der Waals surface area contributed by atoms with Crippen LogP contribution in [-0.4, -0.2) is 33.3 Å². The van der Waals surface area contributed by atoms with Gasteiger partial charge in [-0.15, -0.1) is 34.4 Å². The van der Waals surface area contributed by atoms with Crippen LogP contribution in [0, 0.1) is 0 Å². The lowest BCUT2D eigenvalue weighted by atomic mass is 10.0. The van der Waals surface area contributed by atoms with Crippen LogP contribution in [0.25, 0.3) is 22.4 Å². The van der Waals surface area contributed by atoms with E-state index < -0.39 is 0 Å². The number of hydrogen-bond donors (Lipinski definition) is 2. The Labute approximate surface area is 191 Å². The minimum Gasteiger partial charge on any atom is -0.301 e. The monoisotopic (exact) mass is 466 g/mol. The maximum absolute atomic E-state index is 12.2. The molecule has 0 saturated carbocycles. The van der Waals surface area contributed by atoms with E-state index in [0.717, 1.165) is 22.4 Å². The van der Waals surface area contributed by atoms with E-state index in [1.807, 2.05) is 35.7 Å². The first-order valence-electron chi connectivity index (χ1n) is 9.36. The molecule has 0 atom stereocenters. The molecular formula is C22H18N4O2S3. The second-order valence-corrected chi connectivity index (χ2v) is 9.15. The van der Waals surface area contributed by atoms with Gasteiger partial charge in [0.2, 0.25) is 11.8 Å². The molecule has 0 bridgehead atoms. The molecule has 0 fully saturated rings. The van der Waals surface area contributed by atoms with Gasteiger partial charge in [-0.25, -0.2) is 9.97 Å². The van der Waals surface area contributed by atoms with Crippen molar-refractivity contribution in [2.24, 2.45) is 0 Å². The first kappa shape index (κ1) is 21.2. The Balaban J connectivity index is 1.26. The van der Waals surface area contributed by atoms with Crippen LogP contribution in [0.3, 0.4) is 0 Å². The van der Waals surface area contributed by atoms with Crippen molar-refractivity contribution in [1.82, 2.24) is 9.97 Å². The highest BCUT2D eigenvalue weighted by Gasteiger charge is 2.10. The van der Waals surface area contributed by atoms with Gasteiger partial charge in [0.1, 0.15) is 0 Å². The topological polar surface area (TPSA) is 84.0 Å². The highest BCUT2D eigenvalue weighted by molar-refractivity contribution is 8.00. The van der Waals surface area contributed by atoms with Crippen molar-refractivity contribution in [2.45, 2.75) is 0 Å². The van der Waals surface area contributed by atoms with E-state index in [-0.39, 0.29) is 23.3 Å². The maximum Gasteiger partial charge on any atom is 0.236 e. The van der Waals surface area contributed by atoms with Gasteiger partial charge in [0, 0.05) is 22.5 Å². The van der Waals surface area contributed by atoms with Gasteiger partial charge in [-0.2, -0.15) is 0 Å². The fourth-order valence-corrected chi connectivity index (χ4v) is 4.66. The summed E-state index contributed by atoms with van der Waals surface area (Å²) in [6, 6.07) is 18.4. The number of hydrogen-bond acceptors (Lipinski definition) is 7. The molecule has 9 heteroatoms. The van der Waals surface area contributed by atoms with Crippen LogP contribution in [0.4, 0.5) is 10.3 Å². The Kier molecular flexibility index (Phi) is 7.08. The van der Waals surface area contributed by atoms with Gasteiger partial charge in [0.15, 0.2) is 10.3 Å². The lowest BCUT2D eigenvalue weighted by Gasteiger charge is -2.03. The van der Waals surface area contributed by atoms with Crippen LogP contribution < -0.4 is 10.6 Å². The smallest absolute Gasteiger partial charge is 0.236 e. The fraction of sp³-hybridized carbons (Fsp3) is 0.0909. The first-order valence-corrected chi connectivity index (χ1v) is 12.3. The summed E-state index contributed by atoms with van der Waals surface area (Å²) in [4.78, 5) is 32.5. The molecular weight excluding hydrogens is 448 g/mol. The Morgan fingerprint density at radius 2 is 1.45 bits per heavy atom. The lowest BCUT2D eigenvalue weighted by molar-refractivity contribution is -0.114. The number of carbonyl (C=O) groups is 2. The quantitative estimate of drug-likeness (QED) is 0.371. The lowest BCUT2D eigenvalue weighted by Crippen LogP contribution is -2.18. The number of rotatable bonds is 8. The minimum absolute atomic E-state index is 0.173. The summed E-state index contributed by atoms with van der Waals surface area (Å²) in [5.74, 6) is -0.00818. The molecule has 6 nitrogen and oxygen atoms in total. The summed E-state index contributed by atoms with van der Waals surface area (Å²) >= 11 is 3.97. The van der Waals surface area contributed by atoms with Crippen LogP contribution in [0.15, 0.2) is 71.6 Å². The normalized spacial score (nSPS) is 10.6. The summed E-state index contributed by atoms with van der Waals surface area (Å²) in [6.45, 7) is 0. The van der Waals surface area contributed by atoms with Crippen molar-refractivity contribution in [3.05, 3.63) is 71.6 Å². The zero-order chi connectivity index (χ0) is 21.5. The maximum atomic E-state index is 12.2. The van der Waals surface area contributed by atoms with Gasteiger partial charge in [0.05, 0.1) is 17.2 Å². The molecule has 0 radical (unpaired) electrons. The van der Waals surface area contributed by atoms with Crippen molar-refractivity contribution in [1.29, 1.82) is 0 Å². The molecule has 0 aliphatic carbocycles. The second-order valence-electron chi connectivity index (χ2n) is 6.41. The van der Waals surface area contributed by atoms with E-state index in [0.29, 0.717) is 10.3 Å². The fourth-order valence-electron chi connectivity index (χ4n) is 2.76. The number of benzene rings is 2. The SMILES string of the molecule is O=C(CSCC(=O)Nc1nc(-c2ccc(-c3ccccc3)cc2)cs1)Nc1nccs1. The third kappa shape index (κ3) is 6.00. The third-order valence-corrected chi connectivity index (χ3v) is 6.56. The number of nitrogens with one attached hydrogen (secondary N) is 2. The molecule has 0 saturated heterocycles. The highest BCUT2D eigenvalue weighted by Crippen LogP contribution is 2.27. The summed E-state index contributed by atoms with van der Waals surface area (Å²) in [5, 5.41) is 10.3. The van der Waals surface area contributed by atoms with Gasteiger partial charge < -0.3 is 10.6 Å². The van der Waals surface area contributed by atoms with Crippen molar-refractivity contribution < 1.29 is 9.59 Å². The van der Waals surface area contributed by atoms with Crippen LogP contribution in [0.2, 0.25) is 0 Å². The molecule has 0 aliphatic rings. The molecule has 2 aromatic heterocycles. The zero-order valence-electron chi connectivity index (χ0n) is 16.3. The van der Waals surface area contributed by atoms with Crippen molar-refractivity contribution in [3.8, 4) is 22.4 Å². The van der Waals surface area contributed by atoms with E-state index in [4.69, 9.17) is 0 Å². The van der Waals surface area contributed by atoms with Crippen molar-refractivity contribution >= 4 is 56.5 Å². The predicted octanol–water partition coefficient (Wildman–Crippen LogP) is 5.24. The number of amides is 2. The molecule has 0 spiro atoms. The molecule has 2 N–H and O–H groups in total. The van der Waals surface area contributed by atoms with Gasteiger partial charge in [-0.05, 0) is 11.1 Å². The Hall–Kier alpha value is -3.01. The van der Waals surface area contributed by atoms with E-state index in [9.17, 15) is 9.59 Å². The van der Waals surface area contributed by atoms with Crippen molar-refractivity contribution in [3.63, 3.8) is 0 Å². The van der Waals surface area contributed by atoms with Crippen molar-refractivity contribution in [2.75, 3.05) is 22.1 Å². The summed E-state index contributed by atoms with van der Waals surface area (Å²) < 4.78 is 0. The molecule has 2 aromatic carbocycles. The first-order chi connectivity index (χ1) is 15.2. The van der Waals surface area contributed by atoms with Gasteiger partial charge in [-0.1, -0.05) is 54.6 Å². The number of thioether (sulfide) groups is 1. The van der Waals surface area contributed by atoms with Crippen LogP contribution in [0.5, 0.6) is 0 Å². The average Bonchev–Trinajstić information content (AvgIpc) is 3.47. The summed E-state index contributed by atoms with van der Waals surface area (Å²) in [7, 11) is 0. The molecule has 0 aliphatic heterocycles.